The van der Waals surface area contributed by atoms with Gasteiger partial charge < -0.3 is 14.8 Å². The zero-order chi connectivity index (χ0) is 13.0. The normalized spacial score (nSPS) is 17.1. The second-order valence-electron chi connectivity index (χ2n) is 5.14. The van der Waals surface area contributed by atoms with E-state index in [1.54, 1.807) is 14.2 Å². The van der Waals surface area contributed by atoms with Crippen LogP contribution in [0.1, 0.15) is 31.7 Å². The van der Waals surface area contributed by atoms with Gasteiger partial charge in [-0.25, -0.2) is 9.97 Å². The van der Waals surface area contributed by atoms with E-state index in [1.807, 2.05) is 0 Å². The molecular weight excluding hydrogens is 230 g/mol. The quantitative estimate of drug-likeness (QED) is 0.835. The largest absolute Gasteiger partial charge is 0.481 e. The van der Waals surface area contributed by atoms with Crippen molar-refractivity contribution in [1.29, 1.82) is 0 Å². The van der Waals surface area contributed by atoms with Crippen molar-refractivity contribution in [2.75, 3.05) is 20.8 Å². The van der Waals surface area contributed by atoms with Crippen molar-refractivity contribution in [3.05, 3.63) is 11.9 Å². The topological polar surface area (TPSA) is 56.3 Å². The van der Waals surface area contributed by atoms with E-state index in [4.69, 9.17) is 9.47 Å². The molecule has 5 heteroatoms. The summed E-state index contributed by atoms with van der Waals surface area (Å²) >= 11 is 0. The molecule has 100 valence electrons. The number of rotatable bonds is 6. The highest BCUT2D eigenvalue weighted by Gasteiger charge is 2.31. The maximum absolute atomic E-state index is 5.24. The van der Waals surface area contributed by atoms with Crippen molar-refractivity contribution >= 4 is 0 Å². The predicted octanol–water partition coefficient (Wildman–Crippen LogP) is 1.77. The van der Waals surface area contributed by atoms with Gasteiger partial charge >= 0.3 is 0 Å². The molecule has 0 amide bonds. The van der Waals surface area contributed by atoms with Gasteiger partial charge in [0.25, 0.3) is 0 Å². The van der Waals surface area contributed by atoms with Crippen molar-refractivity contribution in [2.45, 2.75) is 32.7 Å². The van der Waals surface area contributed by atoms with Gasteiger partial charge in [-0.3, -0.25) is 0 Å². The molecule has 2 rings (SSSR count). The zero-order valence-corrected chi connectivity index (χ0v) is 11.3. The zero-order valence-electron chi connectivity index (χ0n) is 11.3. The second-order valence-corrected chi connectivity index (χ2v) is 5.14. The molecular formula is C13H21N3O2. The average molecular weight is 251 g/mol. The molecule has 5 nitrogen and oxygen atoms in total. The minimum absolute atomic E-state index is 0.454. The Balaban J connectivity index is 1.98. The van der Waals surface area contributed by atoms with E-state index in [-0.39, 0.29) is 0 Å². The molecule has 1 fully saturated rings. The molecule has 0 unspecified atom stereocenters. The van der Waals surface area contributed by atoms with E-state index in [0.29, 0.717) is 23.7 Å². The van der Waals surface area contributed by atoms with E-state index >= 15 is 0 Å². The summed E-state index contributed by atoms with van der Waals surface area (Å²) in [5.41, 5.74) is 1.33. The minimum atomic E-state index is 0.454. The van der Waals surface area contributed by atoms with Crippen LogP contribution < -0.4 is 14.8 Å². The van der Waals surface area contributed by atoms with Crippen molar-refractivity contribution in [1.82, 2.24) is 15.3 Å². The lowest BCUT2D eigenvalue weighted by Gasteiger charge is -2.38. The molecule has 1 heterocycles. The van der Waals surface area contributed by atoms with Crippen LogP contribution in [0, 0.1) is 5.41 Å². The summed E-state index contributed by atoms with van der Waals surface area (Å²) in [6.45, 7) is 4.00. The van der Waals surface area contributed by atoms with Crippen LogP contribution in [-0.4, -0.2) is 30.7 Å². The van der Waals surface area contributed by atoms with Crippen LogP contribution in [0.3, 0.4) is 0 Å². The summed E-state index contributed by atoms with van der Waals surface area (Å²) in [6, 6.07) is 0. The van der Waals surface area contributed by atoms with E-state index < -0.39 is 0 Å². The Morgan fingerprint density at radius 1 is 1.22 bits per heavy atom. The Morgan fingerprint density at radius 2 is 1.83 bits per heavy atom. The van der Waals surface area contributed by atoms with Gasteiger partial charge in [0.15, 0.2) is 0 Å². The fourth-order valence-electron chi connectivity index (χ4n) is 2.33. The van der Waals surface area contributed by atoms with Gasteiger partial charge in [0, 0.05) is 13.1 Å². The molecule has 0 atom stereocenters. The Kier molecular flexibility index (Phi) is 4.01. The Bertz CT molecular complexity index is 383. The average Bonchev–Trinajstić information content (AvgIpc) is 2.36. The van der Waals surface area contributed by atoms with Crippen molar-refractivity contribution in [2.24, 2.45) is 5.41 Å². The first-order chi connectivity index (χ1) is 8.68. The van der Waals surface area contributed by atoms with Crippen molar-refractivity contribution in [3.63, 3.8) is 0 Å². The molecule has 1 saturated carbocycles. The predicted molar refractivity (Wildman–Crippen MR) is 68.8 cm³/mol. The van der Waals surface area contributed by atoms with Crippen molar-refractivity contribution in [3.8, 4) is 11.8 Å². The second kappa shape index (κ2) is 5.52. The van der Waals surface area contributed by atoms with Crippen LogP contribution in [0.2, 0.25) is 0 Å². The van der Waals surface area contributed by atoms with Gasteiger partial charge in [-0.2, -0.15) is 0 Å². The van der Waals surface area contributed by atoms with Gasteiger partial charge in [0.05, 0.1) is 19.8 Å². The summed E-state index contributed by atoms with van der Waals surface area (Å²) < 4.78 is 10.5. The van der Waals surface area contributed by atoms with Crippen LogP contribution >= 0.6 is 0 Å². The molecule has 1 aromatic rings. The van der Waals surface area contributed by atoms with Crippen LogP contribution in [-0.2, 0) is 6.54 Å². The minimum Gasteiger partial charge on any atom is -0.481 e. The lowest BCUT2D eigenvalue weighted by Crippen LogP contribution is -2.37. The number of aromatic nitrogens is 2. The summed E-state index contributed by atoms with van der Waals surface area (Å²) in [7, 11) is 3.22. The van der Waals surface area contributed by atoms with Gasteiger partial charge in [-0.15, -0.1) is 0 Å². The highest BCUT2D eigenvalue weighted by atomic mass is 16.5. The maximum Gasteiger partial charge on any atom is 0.224 e. The molecule has 0 bridgehead atoms. The molecule has 0 radical (unpaired) electrons. The molecule has 1 aliphatic carbocycles. The first-order valence-electron chi connectivity index (χ1n) is 6.31. The number of hydrogen-bond donors (Lipinski definition) is 1. The number of ether oxygens (including phenoxy) is 2. The monoisotopic (exact) mass is 251 g/mol. The maximum atomic E-state index is 5.24. The Hall–Kier alpha value is -1.36. The number of hydrogen-bond acceptors (Lipinski definition) is 5. The SMILES string of the molecule is COc1ncnc(OC)c1CNCC1(C)CCC1. The summed E-state index contributed by atoms with van der Waals surface area (Å²) in [5.74, 6) is 1.15. The fraction of sp³-hybridized carbons (Fsp3) is 0.692. The third-order valence-electron chi connectivity index (χ3n) is 3.67. The summed E-state index contributed by atoms with van der Waals surface area (Å²) in [6.07, 6.45) is 5.41. The van der Waals surface area contributed by atoms with Crippen LogP contribution in [0.25, 0.3) is 0 Å². The van der Waals surface area contributed by atoms with Gasteiger partial charge in [-0.05, 0) is 18.3 Å². The first kappa shape index (κ1) is 13.1. The van der Waals surface area contributed by atoms with Crippen molar-refractivity contribution < 1.29 is 9.47 Å². The highest BCUT2D eigenvalue weighted by Crippen LogP contribution is 2.39. The van der Waals surface area contributed by atoms with Gasteiger partial charge in [0.1, 0.15) is 6.33 Å². The molecule has 18 heavy (non-hydrogen) atoms. The summed E-state index contributed by atoms with van der Waals surface area (Å²) in [4.78, 5) is 8.20. The van der Waals surface area contributed by atoms with Gasteiger partial charge in [-0.1, -0.05) is 13.3 Å². The third-order valence-corrected chi connectivity index (χ3v) is 3.67. The summed E-state index contributed by atoms with van der Waals surface area (Å²) in [5, 5.41) is 3.45. The third kappa shape index (κ3) is 2.72. The molecule has 0 saturated heterocycles. The number of methoxy groups -OCH3 is 2. The molecule has 0 aliphatic heterocycles. The molecule has 0 aromatic carbocycles. The molecule has 1 aliphatic rings. The van der Waals surface area contributed by atoms with E-state index in [1.165, 1.54) is 25.6 Å². The molecule has 1 aromatic heterocycles. The Morgan fingerprint density at radius 3 is 2.28 bits per heavy atom. The van der Waals surface area contributed by atoms with Gasteiger partial charge in [0.2, 0.25) is 11.8 Å². The lowest BCUT2D eigenvalue weighted by atomic mass is 9.70. The van der Waals surface area contributed by atoms with Crippen LogP contribution in [0.4, 0.5) is 0 Å². The lowest BCUT2D eigenvalue weighted by molar-refractivity contribution is 0.156. The highest BCUT2D eigenvalue weighted by molar-refractivity contribution is 5.34. The van der Waals surface area contributed by atoms with Crippen LogP contribution in [0.5, 0.6) is 11.8 Å². The van der Waals surface area contributed by atoms with E-state index in [0.717, 1.165) is 12.1 Å². The molecule has 1 N–H and O–H groups in total. The fourth-order valence-corrected chi connectivity index (χ4v) is 2.33. The van der Waals surface area contributed by atoms with Crippen LogP contribution in [0.15, 0.2) is 6.33 Å². The van der Waals surface area contributed by atoms with E-state index in [2.05, 4.69) is 22.2 Å². The number of nitrogens with one attached hydrogen (secondary N) is 1. The standard InChI is InChI=1S/C13H21N3O2/c1-13(5-4-6-13)8-14-7-10-11(17-2)15-9-16-12(10)18-3/h9,14H,4-8H2,1-3H3. The smallest absolute Gasteiger partial charge is 0.224 e. The number of nitrogens with zero attached hydrogens (tertiary/aromatic N) is 2. The van der Waals surface area contributed by atoms with E-state index in [9.17, 15) is 0 Å². The Labute approximate surface area is 108 Å². The molecule has 0 spiro atoms. The first-order valence-corrected chi connectivity index (χ1v) is 6.31.